The minimum Gasteiger partial charge on any atom is -0.326 e. The van der Waals surface area contributed by atoms with Crippen LogP contribution in [0.5, 0.6) is 0 Å². The van der Waals surface area contributed by atoms with Crippen molar-refractivity contribution < 1.29 is 9.59 Å². The molecule has 120 valence electrons. The zero-order valence-electron chi connectivity index (χ0n) is 13.3. The minimum atomic E-state index is -0.0721. The number of benzene rings is 1. The Hall–Kier alpha value is -1.88. The van der Waals surface area contributed by atoms with Crippen molar-refractivity contribution in [3.05, 3.63) is 24.3 Å². The maximum atomic E-state index is 12.0. The van der Waals surface area contributed by atoms with Gasteiger partial charge < -0.3 is 16.0 Å². The van der Waals surface area contributed by atoms with Gasteiger partial charge in [0.15, 0.2) is 0 Å². The summed E-state index contributed by atoms with van der Waals surface area (Å²) in [5.41, 5.74) is 1.42. The molecule has 0 spiro atoms. The number of nitrogens with one attached hydrogen (secondary N) is 3. The van der Waals surface area contributed by atoms with E-state index in [0.29, 0.717) is 23.8 Å². The Bertz CT molecular complexity index is 522. The summed E-state index contributed by atoms with van der Waals surface area (Å²) in [5.74, 6) is -0.0889. The third-order valence-electron chi connectivity index (χ3n) is 3.82. The predicted molar refractivity (Wildman–Crippen MR) is 88.8 cm³/mol. The van der Waals surface area contributed by atoms with E-state index in [1.807, 2.05) is 32.0 Å². The topological polar surface area (TPSA) is 70.2 Å². The van der Waals surface area contributed by atoms with E-state index < -0.39 is 0 Å². The molecule has 2 rings (SSSR count). The Balaban J connectivity index is 1.83. The van der Waals surface area contributed by atoms with Gasteiger partial charge in [0.2, 0.25) is 11.8 Å². The second kappa shape index (κ2) is 7.94. The molecule has 1 aromatic rings. The Morgan fingerprint density at radius 3 is 2.64 bits per heavy atom. The molecule has 5 nitrogen and oxygen atoms in total. The molecule has 1 unspecified atom stereocenters. The van der Waals surface area contributed by atoms with E-state index in [1.165, 1.54) is 6.42 Å². The van der Waals surface area contributed by atoms with Crippen LogP contribution in [-0.4, -0.2) is 24.4 Å². The first-order valence-corrected chi connectivity index (χ1v) is 7.99. The maximum absolute atomic E-state index is 12.0. The number of hydrogen-bond donors (Lipinski definition) is 3. The average molecular weight is 303 g/mol. The van der Waals surface area contributed by atoms with Crippen molar-refractivity contribution >= 4 is 23.2 Å². The van der Waals surface area contributed by atoms with Gasteiger partial charge >= 0.3 is 0 Å². The van der Waals surface area contributed by atoms with Crippen LogP contribution in [0, 0.1) is 5.92 Å². The van der Waals surface area contributed by atoms with Crippen molar-refractivity contribution in [2.24, 2.45) is 5.92 Å². The standard InChI is InChI=1S/C17H25N3O2/c1-12(2)17(22)20-15-6-3-5-14(11-15)19-16(21)9-8-13-7-4-10-18-13/h3,5-6,11-13,18H,4,7-10H2,1-2H3,(H,19,21)(H,20,22). The lowest BCUT2D eigenvalue weighted by Crippen LogP contribution is -2.23. The molecule has 3 N–H and O–H groups in total. The molecule has 0 aliphatic carbocycles. The van der Waals surface area contributed by atoms with Crippen molar-refractivity contribution in [2.45, 2.75) is 45.6 Å². The zero-order chi connectivity index (χ0) is 15.9. The summed E-state index contributed by atoms with van der Waals surface area (Å²) in [4.78, 5) is 23.7. The molecule has 1 heterocycles. The Morgan fingerprint density at radius 2 is 2.00 bits per heavy atom. The lowest BCUT2D eigenvalue weighted by Gasteiger charge is -2.12. The first-order chi connectivity index (χ1) is 10.5. The van der Waals surface area contributed by atoms with Crippen LogP contribution >= 0.6 is 0 Å². The van der Waals surface area contributed by atoms with Gasteiger partial charge in [0, 0.05) is 29.8 Å². The van der Waals surface area contributed by atoms with E-state index >= 15 is 0 Å². The van der Waals surface area contributed by atoms with Crippen molar-refractivity contribution in [1.29, 1.82) is 0 Å². The van der Waals surface area contributed by atoms with E-state index in [2.05, 4.69) is 16.0 Å². The van der Waals surface area contributed by atoms with Crippen LogP contribution in [0.25, 0.3) is 0 Å². The minimum absolute atomic E-state index is 0.0148. The quantitative estimate of drug-likeness (QED) is 0.757. The summed E-state index contributed by atoms with van der Waals surface area (Å²) in [6.45, 7) is 4.75. The molecule has 1 atom stereocenters. The fraction of sp³-hybridized carbons (Fsp3) is 0.529. The SMILES string of the molecule is CC(C)C(=O)Nc1cccc(NC(=O)CCC2CCCN2)c1. The third-order valence-corrected chi connectivity index (χ3v) is 3.82. The molecular weight excluding hydrogens is 278 g/mol. The molecule has 1 fully saturated rings. The summed E-state index contributed by atoms with van der Waals surface area (Å²) >= 11 is 0. The number of carbonyl (C=O) groups is 2. The number of anilines is 2. The molecule has 0 bridgehead atoms. The van der Waals surface area contributed by atoms with Gasteiger partial charge in [0.25, 0.3) is 0 Å². The molecule has 1 aliphatic heterocycles. The van der Waals surface area contributed by atoms with Gasteiger partial charge in [-0.1, -0.05) is 19.9 Å². The number of carbonyl (C=O) groups excluding carboxylic acids is 2. The Kier molecular flexibility index (Phi) is 5.95. The summed E-state index contributed by atoms with van der Waals surface area (Å²) in [6, 6.07) is 7.73. The van der Waals surface area contributed by atoms with Crippen LogP contribution in [0.4, 0.5) is 11.4 Å². The van der Waals surface area contributed by atoms with Crippen LogP contribution in [0.1, 0.15) is 39.5 Å². The zero-order valence-corrected chi connectivity index (χ0v) is 13.3. The molecule has 0 saturated carbocycles. The second-order valence-electron chi connectivity index (χ2n) is 6.10. The Morgan fingerprint density at radius 1 is 1.27 bits per heavy atom. The van der Waals surface area contributed by atoms with Gasteiger partial charge in [-0.25, -0.2) is 0 Å². The summed E-state index contributed by atoms with van der Waals surface area (Å²) in [5, 5.41) is 9.11. The molecule has 0 radical (unpaired) electrons. The fourth-order valence-corrected chi connectivity index (χ4v) is 2.49. The van der Waals surface area contributed by atoms with E-state index in [-0.39, 0.29) is 17.7 Å². The monoisotopic (exact) mass is 303 g/mol. The number of hydrogen-bond acceptors (Lipinski definition) is 3. The molecule has 1 aromatic carbocycles. The van der Waals surface area contributed by atoms with Crippen molar-refractivity contribution in [3.63, 3.8) is 0 Å². The van der Waals surface area contributed by atoms with Gasteiger partial charge in [-0.15, -0.1) is 0 Å². The third kappa shape index (κ3) is 5.15. The summed E-state index contributed by atoms with van der Waals surface area (Å²) < 4.78 is 0. The van der Waals surface area contributed by atoms with Crippen molar-refractivity contribution in [3.8, 4) is 0 Å². The van der Waals surface area contributed by atoms with Crippen molar-refractivity contribution in [1.82, 2.24) is 5.32 Å². The molecule has 1 saturated heterocycles. The smallest absolute Gasteiger partial charge is 0.226 e. The average Bonchev–Trinajstić information content (AvgIpc) is 2.98. The predicted octanol–water partition coefficient (Wildman–Crippen LogP) is 2.75. The van der Waals surface area contributed by atoms with E-state index in [4.69, 9.17) is 0 Å². The van der Waals surface area contributed by atoms with Crippen LogP contribution in [0.15, 0.2) is 24.3 Å². The van der Waals surface area contributed by atoms with Crippen LogP contribution in [0.2, 0.25) is 0 Å². The molecule has 2 amide bonds. The second-order valence-corrected chi connectivity index (χ2v) is 6.10. The van der Waals surface area contributed by atoms with E-state index in [1.54, 1.807) is 6.07 Å². The van der Waals surface area contributed by atoms with E-state index in [0.717, 1.165) is 19.4 Å². The van der Waals surface area contributed by atoms with E-state index in [9.17, 15) is 9.59 Å². The molecule has 1 aliphatic rings. The highest BCUT2D eigenvalue weighted by atomic mass is 16.2. The van der Waals surface area contributed by atoms with Gasteiger partial charge in [-0.05, 0) is 44.0 Å². The van der Waals surface area contributed by atoms with Gasteiger partial charge in [0.05, 0.1) is 0 Å². The summed E-state index contributed by atoms with van der Waals surface area (Å²) in [6.07, 6.45) is 3.74. The van der Waals surface area contributed by atoms with Crippen LogP contribution in [-0.2, 0) is 9.59 Å². The highest BCUT2D eigenvalue weighted by molar-refractivity contribution is 5.94. The lowest BCUT2D eigenvalue weighted by atomic mass is 10.1. The van der Waals surface area contributed by atoms with Gasteiger partial charge in [-0.2, -0.15) is 0 Å². The first kappa shape index (κ1) is 16.5. The van der Waals surface area contributed by atoms with Crippen molar-refractivity contribution in [2.75, 3.05) is 17.2 Å². The molecule has 22 heavy (non-hydrogen) atoms. The lowest BCUT2D eigenvalue weighted by molar-refractivity contribution is -0.119. The molecule has 5 heteroatoms. The van der Waals surface area contributed by atoms with Gasteiger partial charge in [0.1, 0.15) is 0 Å². The highest BCUT2D eigenvalue weighted by Gasteiger charge is 2.15. The highest BCUT2D eigenvalue weighted by Crippen LogP contribution is 2.17. The largest absolute Gasteiger partial charge is 0.326 e. The normalized spacial score (nSPS) is 17.5. The van der Waals surface area contributed by atoms with Crippen LogP contribution < -0.4 is 16.0 Å². The number of amides is 2. The fourth-order valence-electron chi connectivity index (χ4n) is 2.49. The number of rotatable bonds is 6. The molecule has 0 aromatic heterocycles. The van der Waals surface area contributed by atoms with Crippen LogP contribution in [0.3, 0.4) is 0 Å². The first-order valence-electron chi connectivity index (χ1n) is 7.99. The summed E-state index contributed by atoms with van der Waals surface area (Å²) in [7, 11) is 0. The Labute approximate surface area is 131 Å². The molecular formula is C17H25N3O2. The van der Waals surface area contributed by atoms with Gasteiger partial charge in [-0.3, -0.25) is 9.59 Å². The maximum Gasteiger partial charge on any atom is 0.226 e.